The second-order valence-corrected chi connectivity index (χ2v) is 5.99. The molecule has 2 N–H and O–H groups in total. The number of hydroxylamine groups is 1. The standard InChI is InChI=1S/C15H16N2O2S/c18-13(17-19)7-6-12-10-20-14(16-12)15(8-9-15)11-4-2-1-3-5-11/h1-5,10,19H,6-9H2,(H,17,18). The van der Waals surface area contributed by atoms with Crippen molar-refractivity contribution in [2.45, 2.75) is 31.1 Å². The van der Waals surface area contributed by atoms with Crippen LogP contribution in [0.15, 0.2) is 35.7 Å². The van der Waals surface area contributed by atoms with E-state index in [9.17, 15) is 4.79 Å². The Labute approximate surface area is 121 Å². The van der Waals surface area contributed by atoms with Crippen molar-refractivity contribution < 1.29 is 10.0 Å². The maximum atomic E-state index is 11.0. The highest BCUT2D eigenvalue weighted by atomic mass is 32.1. The summed E-state index contributed by atoms with van der Waals surface area (Å²) in [7, 11) is 0. The molecule has 0 aliphatic heterocycles. The largest absolute Gasteiger partial charge is 0.289 e. The van der Waals surface area contributed by atoms with E-state index in [2.05, 4.69) is 29.2 Å². The van der Waals surface area contributed by atoms with Crippen molar-refractivity contribution in [3.8, 4) is 0 Å². The fourth-order valence-electron chi connectivity index (χ4n) is 2.45. The van der Waals surface area contributed by atoms with Gasteiger partial charge in [0.2, 0.25) is 5.91 Å². The summed E-state index contributed by atoms with van der Waals surface area (Å²) in [4.78, 5) is 15.7. The summed E-state index contributed by atoms with van der Waals surface area (Å²) >= 11 is 1.67. The number of thiazole rings is 1. The van der Waals surface area contributed by atoms with Gasteiger partial charge < -0.3 is 0 Å². The minimum absolute atomic E-state index is 0.101. The highest BCUT2D eigenvalue weighted by Crippen LogP contribution is 2.54. The van der Waals surface area contributed by atoms with Gasteiger partial charge in [0.1, 0.15) is 5.01 Å². The predicted octanol–water partition coefficient (Wildman–Crippen LogP) is 2.66. The number of hydrogen-bond donors (Lipinski definition) is 2. The van der Waals surface area contributed by atoms with Gasteiger partial charge in [-0.25, -0.2) is 10.5 Å². The maximum Gasteiger partial charge on any atom is 0.243 e. The summed E-state index contributed by atoms with van der Waals surface area (Å²) in [6.07, 6.45) is 3.11. The third-order valence-corrected chi connectivity index (χ3v) is 4.87. The SMILES string of the molecule is O=C(CCc1csc(C2(c3ccccc3)CC2)n1)NO. The van der Waals surface area contributed by atoms with Crippen LogP contribution in [0.4, 0.5) is 0 Å². The molecule has 0 saturated heterocycles. The molecule has 0 unspecified atom stereocenters. The molecule has 2 aromatic rings. The number of nitrogens with zero attached hydrogens (tertiary/aromatic N) is 1. The summed E-state index contributed by atoms with van der Waals surface area (Å²) < 4.78 is 0. The molecule has 1 saturated carbocycles. The first-order chi connectivity index (χ1) is 9.74. The molecule has 3 rings (SSSR count). The van der Waals surface area contributed by atoms with Crippen molar-refractivity contribution in [3.05, 3.63) is 52.0 Å². The molecule has 0 bridgehead atoms. The lowest BCUT2D eigenvalue weighted by Gasteiger charge is -2.12. The summed E-state index contributed by atoms with van der Waals surface area (Å²) in [6, 6.07) is 10.5. The average molecular weight is 288 g/mol. The Morgan fingerprint density at radius 3 is 2.75 bits per heavy atom. The van der Waals surface area contributed by atoms with Crippen molar-refractivity contribution >= 4 is 17.2 Å². The van der Waals surface area contributed by atoms with E-state index in [0.29, 0.717) is 6.42 Å². The number of aryl methyl sites for hydroxylation is 1. The number of carbonyl (C=O) groups excluding carboxylic acids is 1. The number of benzene rings is 1. The highest BCUT2D eigenvalue weighted by Gasteiger charge is 2.48. The summed E-state index contributed by atoms with van der Waals surface area (Å²) in [5.41, 5.74) is 4.00. The van der Waals surface area contributed by atoms with E-state index >= 15 is 0 Å². The molecule has 104 valence electrons. The van der Waals surface area contributed by atoms with Crippen LogP contribution in [-0.4, -0.2) is 16.1 Å². The van der Waals surface area contributed by atoms with Crippen molar-refractivity contribution in [2.75, 3.05) is 0 Å². The molecular formula is C15H16N2O2S. The molecule has 1 aromatic carbocycles. The number of amides is 1. The van der Waals surface area contributed by atoms with Crippen LogP contribution in [0.1, 0.15) is 35.5 Å². The van der Waals surface area contributed by atoms with Gasteiger partial charge in [0.25, 0.3) is 0 Å². The first kappa shape index (κ1) is 13.3. The zero-order valence-electron chi connectivity index (χ0n) is 11.0. The van der Waals surface area contributed by atoms with E-state index in [1.165, 1.54) is 5.56 Å². The lowest BCUT2D eigenvalue weighted by Crippen LogP contribution is -2.18. The van der Waals surface area contributed by atoms with E-state index < -0.39 is 0 Å². The molecule has 4 nitrogen and oxygen atoms in total. The minimum atomic E-state index is -0.372. The van der Waals surface area contributed by atoms with E-state index in [0.717, 1.165) is 23.5 Å². The maximum absolute atomic E-state index is 11.0. The van der Waals surface area contributed by atoms with Gasteiger partial charge >= 0.3 is 0 Å². The van der Waals surface area contributed by atoms with Crippen molar-refractivity contribution in [1.82, 2.24) is 10.5 Å². The number of hydrogen-bond acceptors (Lipinski definition) is 4. The van der Waals surface area contributed by atoms with Crippen LogP contribution in [0.25, 0.3) is 0 Å². The van der Waals surface area contributed by atoms with Gasteiger partial charge in [0, 0.05) is 17.2 Å². The smallest absolute Gasteiger partial charge is 0.243 e. The fourth-order valence-corrected chi connectivity index (χ4v) is 3.58. The third kappa shape index (κ3) is 2.46. The van der Waals surface area contributed by atoms with Crippen LogP contribution < -0.4 is 5.48 Å². The molecule has 1 aromatic heterocycles. The molecule has 0 spiro atoms. The number of carbonyl (C=O) groups is 1. The molecule has 20 heavy (non-hydrogen) atoms. The van der Waals surface area contributed by atoms with E-state index in [4.69, 9.17) is 5.21 Å². The molecular weight excluding hydrogens is 272 g/mol. The van der Waals surface area contributed by atoms with Gasteiger partial charge in [-0.2, -0.15) is 0 Å². The second kappa shape index (κ2) is 5.34. The summed E-state index contributed by atoms with van der Waals surface area (Å²) in [5, 5.41) is 11.6. The van der Waals surface area contributed by atoms with Crippen molar-refractivity contribution in [1.29, 1.82) is 0 Å². The zero-order chi connectivity index (χ0) is 14.0. The number of nitrogens with one attached hydrogen (secondary N) is 1. The molecule has 1 heterocycles. The molecule has 0 atom stereocenters. The van der Waals surface area contributed by atoms with Crippen LogP contribution >= 0.6 is 11.3 Å². The Kier molecular flexibility index (Phi) is 3.54. The van der Waals surface area contributed by atoms with Gasteiger partial charge in [-0.1, -0.05) is 30.3 Å². The van der Waals surface area contributed by atoms with Crippen LogP contribution in [0.5, 0.6) is 0 Å². The molecule has 0 radical (unpaired) electrons. The first-order valence-corrected chi connectivity index (χ1v) is 7.56. The van der Waals surface area contributed by atoms with Gasteiger partial charge in [-0.3, -0.25) is 10.0 Å². The zero-order valence-corrected chi connectivity index (χ0v) is 11.8. The lowest BCUT2D eigenvalue weighted by atomic mass is 9.97. The lowest BCUT2D eigenvalue weighted by molar-refractivity contribution is -0.129. The van der Waals surface area contributed by atoms with Crippen LogP contribution in [0, 0.1) is 0 Å². The topological polar surface area (TPSA) is 62.2 Å². The molecule has 1 fully saturated rings. The third-order valence-electron chi connectivity index (χ3n) is 3.77. The van der Waals surface area contributed by atoms with Crippen molar-refractivity contribution in [3.63, 3.8) is 0 Å². The predicted molar refractivity (Wildman–Crippen MR) is 76.8 cm³/mol. The molecule has 1 aliphatic carbocycles. The van der Waals surface area contributed by atoms with Gasteiger partial charge in [0.15, 0.2) is 0 Å². The summed E-state index contributed by atoms with van der Waals surface area (Å²) in [6.45, 7) is 0. The van der Waals surface area contributed by atoms with E-state index in [1.807, 2.05) is 11.4 Å². The Bertz CT molecular complexity index is 605. The number of aromatic nitrogens is 1. The average Bonchev–Trinajstić information content (AvgIpc) is 3.18. The Morgan fingerprint density at radius 2 is 2.10 bits per heavy atom. The molecule has 5 heteroatoms. The minimum Gasteiger partial charge on any atom is -0.289 e. The van der Waals surface area contributed by atoms with E-state index in [-0.39, 0.29) is 17.7 Å². The monoisotopic (exact) mass is 288 g/mol. The van der Waals surface area contributed by atoms with Gasteiger partial charge in [-0.05, 0) is 24.8 Å². The fraction of sp³-hybridized carbons (Fsp3) is 0.333. The van der Waals surface area contributed by atoms with Gasteiger partial charge in [0.05, 0.1) is 5.69 Å². The quantitative estimate of drug-likeness (QED) is 0.657. The number of rotatable bonds is 5. The van der Waals surface area contributed by atoms with Crippen molar-refractivity contribution in [2.24, 2.45) is 0 Å². The van der Waals surface area contributed by atoms with Crippen LogP contribution in [0.2, 0.25) is 0 Å². The first-order valence-electron chi connectivity index (χ1n) is 6.68. The van der Waals surface area contributed by atoms with E-state index in [1.54, 1.807) is 16.8 Å². The van der Waals surface area contributed by atoms with Crippen LogP contribution in [0.3, 0.4) is 0 Å². The highest BCUT2D eigenvalue weighted by molar-refractivity contribution is 7.09. The summed E-state index contributed by atoms with van der Waals surface area (Å²) in [5.74, 6) is -0.372. The molecule has 1 amide bonds. The molecule has 1 aliphatic rings. The normalized spacial score (nSPS) is 15.8. The Balaban J connectivity index is 1.76. The van der Waals surface area contributed by atoms with Gasteiger partial charge in [-0.15, -0.1) is 11.3 Å². The second-order valence-electron chi connectivity index (χ2n) is 5.13. The van der Waals surface area contributed by atoms with Crippen LogP contribution in [-0.2, 0) is 16.6 Å². The Morgan fingerprint density at radius 1 is 1.35 bits per heavy atom. The Hall–Kier alpha value is -1.72.